The summed E-state index contributed by atoms with van der Waals surface area (Å²) in [5.41, 5.74) is 7.02. The van der Waals surface area contributed by atoms with Gasteiger partial charge in [-0.05, 0) is 18.7 Å². The summed E-state index contributed by atoms with van der Waals surface area (Å²) in [6, 6.07) is 12.8. The van der Waals surface area contributed by atoms with Crippen LogP contribution >= 0.6 is 0 Å². The van der Waals surface area contributed by atoms with Crippen LogP contribution in [0.2, 0.25) is 0 Å². The highest BCUT2D eigenvalue weighted by Crippen LogP contribution is 2.29. The van der Waals surface area contributed by atoms with E-state index in [1.807, 2.05) is 12.1 Å². The Labute approximate surface area is 119 Å². The predicted octanol–water partition coefficient (Wildman–Crippen LogP) is 1.55. The van der Waals surface area contributed by atoms with E-state index in [1.54, 1.807) is 6.20 Å². The van der Waals surface area contributed by atoms with Crippen molar-refractivity contribution in [2.24, 2.45) is 0 Å². The summed E-state index contributed by atoms with van der Waals surface area (Å²) in [5.74, 6) is 1.23. The van der Waals surface area contributed by atoms with Gasteiger partial charge in [0, 0.05) is 25.8 Å². The van der Waals surface area contributed by atoms with Crippen molar-refractivity contribution in [3.05, 3.63) is 48.2 Å². The molecule has 0 spiro atoms. The van der Waals surface area contributed by atoms with Gasteiger partial charge in [0.25, 0.3) is 0 Å². The number of nitrogens with two attached hydrogens (primary N) is 1. The number of nitrogen functional groups attached to an aromatic ring is 1. The monoisotopic (exact) mass is 269 g/mol. The molecule has 5 nitrogen and oxygen atoms in total. The highest BCUT2D eigenvalue weighted by atomic mass is 15.3. The van der Waals surface area contributed by atoms with E-state index in [0.29, 0.717) is 12.0 Å². The molecular weight excluding hydrogens is 250 g/mol. The Morgan fingerprint density at radius 1 is 1.15 bits per heavy atom. The molecule has 2 N–H and O–H groups in total. The van der Waals surface area contributed by atoms with Crippen molar-refractivity contribution >= 4 is 11.8 Å². The number of hydrogen-bond acceptors (Lipinski definition) is 5. The summed E-state index contributed by atoms with van der Waals surface area (Å²) < 4.78 is 0. The summed E-state index contributed by atoms with van der Waals surface area (Å²) in [6.07, 6.45) is 1.72. The number of hydrogen-bond donors (Lipinski definition) is 1. The third kappa shape index (κ3) is 2.58. The maximum absolute atomic E-state index is 5.72. The minimum absolute atomic E-state index is 0.296. The average Bonchev–Trinajstić information content (AvgIpc) is 2.48. The molecule has 1 aromatic carbocycles. The van der Waals surface area contributed by atoms with Crippen LogP contribution in [0, 0.1) is 0 Å². The van der Waals surface area contributed by atoms with E-state index in [9.17, 15) is 0 Å². The van der Waals surface area contributed by atoms with Crippen LogP contribution in [-0.2, 0) is 0 Å². The lowest BCUT2D eigenvalue weighted by Crippen LogP contribution is -2.47. The minimum Gasteiger partial charge on any atom is -0.368 e. The minimum atomic E-state index is 0.296. The fourth-order valence-corrected chi connectivity index (χ4v) is 2.68. The van der Waals surface area contributed by atoms with Crippen molar-refractivity contribution in [1.82, 2.24) is 14.9 Å². The second-order valence-corrected chi connectivity index (χ2v) is 5.16. The Bertz CT molecular complexity index is 571. The Balaban J connectivity index is 1.95. The lowest BCUT2D eigenvalue weighted by molar-refractivity contribution is 0.268. The number of benzene rings is 1. The van der Waals surface area contributed by atoms with Gasteiger partial charge >= 0.3 is 0 Å². The van der Waals surface area contributed by atoms with Gasteiger partial charge in [-0.1, -0.05) is 30.3 Å². The fraction of sp³-hybridized carbons (Fsp3) is 0.333. The van der Waals surface area contributed by atoms with Crippen molar-refractivity contribution in [3.8, 4) is 0 Å². The van der Waals surface area contributed by atoms with Gasteiger partial charge in [0.05, 0.1) is 6.04 Å². The van der Waals surface area contributed by atoms with Crippen molar-refractivity contribution in [2.45, 2.75) is 6.04 Å². The van der Waals surface area contributed by atoms with Crippen LogP contribution in [0.4, 0.5) is 11.8 Å². The van der Waals surface area contributed by atoms with Crippen molar-refractivity contribution in [2.75, 3.05) is 37.3 Å². The van der Waals surface area contributed by atoms with Gasteiger partial charge < -0.3 is 15.5 Å². The second kappa shape index (κ2) is 5.46. The molecule has 104 valence electrons. The third-order valence-corrected chi connectivity index (χ3v) is 3.72. The van der Waals surface area contributed by atoms with Crippen molar-refractivity contribution in [3.63, 3.8) is 0 Å². The van der Waals surface area contributed by atoms with Gasteiger partial charge in [0.2, 0.25) is 5.95 Å². The molecule has 20 heavy (non-hydrogen) atoms. The molecule has 0 saturated carbocycles. The maximum atomic E-state index is 5.72. The molecule has 1 atom stereocenters. The van der Waals surface area contributed by atoms with Gasteiger partial charge in [0.15, 0.2) is 0 Å². The third-order valence-electron chi connectivity index (χ3n) is 3.72. The number of rotatable bonds is 2. The van der Waals surface area contributed by atoms with E-state index in [-0.39, 0.29) is 0 Å². The van der Waals surface area contributed by atoms with Crippen LogP contribution in [0.5, 0.6) is 0 Å². The lowest BCUT2D eigenvalue weighted by atomic mass is 10.0. The molecule has 1 aliphatic rings. The van der Waals surface area contributed by atoms with Crippen LogP contribution in [-0.4, -0.2) is 41.5 Å². The molecule has 1 saturated heterocycles. The zero-order chi connectivity index (χ0) is 13.9. The smallest absolute Gasteiger partial charge is 0.221 e. The molecule has 1 fully saturated rings. The molecule has 2 heterocycles. The van der Waals surface area contributed by atoms with Crippen LogP contribution < -0.4 is 10.6 Å². The summed E-state index contributed by atoms with van der Waals surface area (Å²) in [7, 11) is 2.15. The van der Waals surface area contributed by atoms with Gasteiger partial charge in [-0.3, -0.25) is 0 Å². The Kier molecular flexibility index (Phi) is 3.52. The van der Waals surface area contributed by atoms with Crippen LogP contribution in [0.25, 0.3) is 0 Å². The summed E-state index contributed by atoms with van der Waals surface area (Å²) >= 11 is 0. The molecule has 0 radical (unpaired) electrons. The van der Waals surface area contributed by atoms with Crippen molar-refractivity contribution < 1.29 is 0 Å². The van der Waals surface area contributed by atoms with Crippen LogP contribution in [0.3, 0.4) is 0 Å². The van der Waals surface area contributed by atoms with Gasteiger partial charge in [-0.15, -0.1) is 0 Å². The molecular formula is C15H19N5. The maximum Gasteiger partial charge on any atom is 0.221 e. The molecule has 0 bridgehead atoms. The summed E-state index contributed by atoms with van der Waals surface area (Å²) in [5, 5.41) is 0. The largest absolute Gasteiger partial charge is 0.368 e. The van der Waals surface area contributed by atoms with E-state index >= 15 is 0 Å². The van der Waals surface area contributed by atoms with E-state index in [1.165, 1.54) is 5.56 Å². The first-order valence-corrected chi connectivity index (χ1v) is 6.83. The first-order valence-electron chi connectivity index (χ1n) is 6.83. The normalized spacial score (nSPS) is 20.1. The Morgan fingerprint density at radius 3 is 2.70 bits per heavy atom. The molecule has 0 aliphatic carbocycles. The number of anilines is 2. The first kappa shape index (κ1) is 12.9. The second-order valence-electron chi connectivity index (χ2n) is 5.16. The molecule has 2 aromatic rings. The Hall–Kier alpha value is -2.14. The SMILES string of the molecule is CN1CCN(c2ccnc(N)n2)C(c2ccccc2)C1. The van der Waals surface area contributed by atoms with Crippen LogP contribution in [0.1, 0.15) is 11.6 Å². The Morgan fingerprint density at radius 2 is 1.95 bits per heavy atom. The molecule has 1 unspecified atom stereocenters. The van der Waals surface area contributed by atoms with E-state index in [4.69, 9.17) is 5.73 Å². The molecule has 5 heteroatoms. The standard InChI is InChI=1S/C15H19N5/c1-19-9-10-20(14-7-8-17-15(16)18-14)13(11-19)12-5-3-2-4-6-12/h2-8,13H,9-11H2,1H3,(H2,16,17,18). The number of aromatic nitrogens is 2. The summed E-state index contributed by atoms with van der Waals surface area (Å²) in [6.45, 7) is 2.94. The van der Waals surface area contributed by atoms with E-state index < -0.39 is 0 Å². The average molecular weight is 269 g/mol. The highest BCUT2D eigenvalue weighted by molar-refractivity contribution is 5.45. The topological polar surface area (TPSA) is 58.3 Å². The number of nitrogens with zero attached hydrogens (tertiary/aromatic N) is 4. The molecule has 1 aliphatic heterocycles. The highest BCUT2D eigenvalue weighted by Gasteiger charge is 2.27. The summed E-state index contributed by atoms with van der Waals surface area (Å²) in [4.78, 5) is 13.0. The molecule has 3 rings (SSSR count). The zero-order valence-corrected chi connectivity index (χ0v) is 11.6. The van der Waals surface area contributed by atoms with Gasteiger partial charge in [-0.25, -0.2) is 4.98 Å². The fourth-order valence-electron chi connectivity index (χ4n) is 2.68. The predicted molar refractivity (Wildman–Crippen MR) is 80.5 cm³/mol. The van der Waals surface area contributed by atoms with Gasteiger partial charge in [-0.2, -0.15) is 4.98 Å². The van der Waals surface area contributed by atoms with E-state index in [2.05, 4.69) is 51.1 Å². The molecule has 1 aromatic heterocycles. The zero-order valence-electron chi connectivity index (χ0n) is 11.6. The quantitative estimate of drug-likeness (QED) is 0.896. The number of likely N-dealkylation sites (N-methyl/N-ethyl adjacent to an activating group) is 1. The van der Waals surface area contributed by atoms with Crippen molar-refractivity contribution in [1.29, 1.82) is 0 Å². The van der Waals surface area contributed by atoms with Crippen LogP contribution in [0.15, 0.2) is 42.6 Å². The molecule has 0 amide bonds. The van der Waals surface area contributed by atoms with Gasteiger partial charge in [0.1, 0.15) is 5.82 Å². The van der Waals surface area contributed by atoms with E-state index in [0.717, 1.165) is 25.5 Å². The first-order chi connectivity index (χ1) is 9.74. The number of piperazine rings is 1. The lowest BCUT2D eigenvalue weighted by Gasteiger charge is -2.41.